The van der Waals surface area contributed by atoms with Gasteiger partial charge in [-0.1, -0.05) is 0 Å². The van der Waals surface area contributed by atoms with Crippen molar-refractivity contribution in [3.63, 3.8) is 0 Å². The quantitative estimate of drug-likeness (QED) is 0.866. The van der Waals surface area contributed by atoms with E-state index in [0.717, 1.165) is 18.5 Å². The second-order valence-electron chi connectivity index (χ2n) is 7.78. The Morgan fingerprint density at radius 3 is 2.61 bits per heavy atom. The fourth-order valence-electron chi connectivity index (χ4n) is 4.38. The maximum Gasteiger partial charge on any atom is 0.291 e. The maximum atomic E-state index is 13.6. The Kier molecular flexibility index (Phi) is 4.84. The van der Waals surface area contributed by atoms with Crippen LogP contribution in [-0.2, 0) is 0 Å². The fraction of sp³-hybridized carbons (Fsp3) is 0.632. The first-order valence-electron chi connectivity index (χ1n) is 9.67. The molecule has 9 heteroatoms. The summed E-state index contributed by atoms with van der Waals surface area (Å²) in [6.45, 7) is 6.45. The number of anilines is 1. The largest absolute Gasteiger partial charge is 0.436 e. The van der Waals surface area contributed by atoms with E-state index in [2.05, 4.69) is 15.4 Å². The van der Waals surface area contributed by atoms with Gasteiger partial charge in [0, 0.05) is 32.1 Å². The van der Waals surface area contributed by atoms with E-state index in [-0.39, 0.29) is 17.9 Å². The molecule has 0 unspecified atom stereocenters. The number of carbonyl (C=O) groups excluding carboxylic acids is 1. The summed E-state index contributed by atoms with van der Waals surface area (Å²) in [5.74, 6) is 1.51. The topological polar surface area (TPSA) is 76.2 Å². The first-order chi connectivity index (χ1) is 13.3. The van der Waals surface area contributed by atoms with Gasteiger partial charge in [-0.15, -0.1) is 0 Å². The number of aromatic nitrogens is 3. The van der Waals surface area contributed by atoms with Gasteiger partial charge in [0.2, 0.25) is 5.76 Å². The van der Waals surface area contributed by atoms with E-state index in [1.807, 2.05) is 13.0 Å². The molecule has 2 aromatic rings. The van der Waals surface area contributed by atoms with Crippen LogP contribution in [0.15, 0.2) is 10.5 Å². The zero-order chi connectivity index (χ0) is 20.0. The molecular formula is C19H25F2N5O2. The summed E-state index contributed by atoms with van der Waals surface area (Å²) in [7, 11) is 0. The first kappa shape index (κ1) is 18.9. The Labute approximate surface area is 162 Å². The van der Waals surface area contributed by atoms with Crippen LogP contribution in [0.4, 0.5) is 14.6 Å². The van der Waals surface area contributed by atoms with Crippen LogP contribution >= 0.6 is 0 Å². The average molecular weight is 393 g/mol. The van der Waals surface area contributed by atoms with Crippen molar-refractivity contribution < 1.29 is 18.0 Å². The monoisotopic (exact) mass is 393 g/mol. The van der Waals surface area contributed by atoms with Crippen LogP contribution in [0.2, 0.25) is 0 Å². The van der Waals surface area contributed by atoms with Crippen molar-refractivity contribution in [3.05, 3.63) is 29.1 Å². The van der Waals surface area contributed by atoms with E-state index in [4.69, 9.17) is 4.42 Å². The molecule has 1 fully saturated rings. The molecule has 0 spiro atoms. The molecular weight excluding hydrogens is 368 g/mol. The number of rotatable bonds is 3. The minimum atomic E-state index is -2.46. The number of fused-ring (bicyclic) bond motifs is 1. The Bertz CT molecular complexity index is 870. The van der Waals surface area contributed by atoms with Crippen molar-refractivity contribution >= 4 is 11.7 Å². The van der Waals surface area contributed by atoms with Crippen LogP contribution < -0.4 is 5.32 Å². The molecule has 2 aliphatic heterocycles. The van der Waals surface area contributed by atoms with Crippen molar-refractivity contribution in [3.8, 4) is 0 Å². The minimum absolute atomic E-state index is 0.0471. The van der Waals surface area contributed by atoms with Crippen LogP contribution in [-0.4, -0.2) is 51.1 Å². The summed E-state index contributed by atoms with van der Waals surface area (Å²) in [6, 6.07) is 0.860. The van der Waals surface area contributed by atoms with Gasteiger partial charge in [0.25, 0.3) is 12.3 Å². The van der Waals surface area contributed by atoms with E-state index in [1.54, 1.807) is 18.7 Å². The number of hydrogen-bond donors (Lipinski definition) is 1. The van der Waals surface area contributed by atoms with E-state index >= 15 is 0 Å². The number of nitrogens with zero attached hydrogens (tertiary/aromatic N) is 4. The van der Waals surface area contributed by atoms with E-state index < -0.39 is 12.5 Å². The van der Waals surface area contributed by atoms with Crippen LogP contribution in [0.3, 0.4) is 0 Å². The molecule has 1 amide bonds. The van der Waals surface area contributed by atoms with Crippen molar-refractivity contribution in [2.24, 2.45) is 5.92 Å². The highest BCUT2D eigenvalue weighted by atomic mass is 19.3. The first-order valence-corrected chi connectivity index (χ1v) is 9.67. The van der Waals surface area contributed by atoms with Gasteiger partial charge in [-0.3, -0.25) is 4.79 Å². The molecule has 0 saturated carbocycles. The summed E-state index contributed by atoms with van der Waals surface area (Å²) in [4.78, 5) is 18.6. The Hall–Kier alpha value is -2.45. The molecule has 1 saturated heterocycles. The van der Waals surface area contributed by atoms with Crippen LogP contribution in [0.1, 0.15) is 53.1 Å². The molecule has 4 heterocycles. The Morgan fingerprint density at radius 2 is 2.00 bits per heavy atom. The van der Waals surface area contributed by atoms with Gasteiger partial charge < -0.3 is 14.6 Å². The molecule has 2 aliphatic rings. The molecule has 4 rings (SSSR count). The van der Waals surface area contributed by atoms with Gasteiger partial charge in [0.1, 0.15) is 11.9 Å². The number of alkyl halides is 2. The molecule has 1 N–H and O–H groups in total. The fourth-order valence-corrected chi connectivity index (χ4v) is 4.38. The number of aryl methyl sites for hydroxylation is 3. The zero-order valence-electron chi connectivity index (χ0n) is 16.3. The predicted octanol–water partition coefficient (Wildman–Crippen LogP) is 3.34. The molecule has 0 aliphatic carbocycles. The van der Waals surface area contributed by atoms with E-state index in [1.165, 1.54) is 4.68 Å². The van der Waals surface area contributed by atoms with Gasteiger partial charge in [0.05, 0.1) is 11.4 Å². The lowest BCUT2D eigenvalue weighted by molar-refractivity contribution is 0.0527. The third-order valence-corrected chi connectivity index (χ3v) is 5.79. The number of piperidine rings is 1. The minimum Gasteiger partial charge on any atom is -0.436 e. The van der Waals surface area contributed by atoms with Crippen molar-refractivity contribution in [1.82, 2.24) is 19.7 Å². The zero-order valence-corrected chi connectivity index (χ0v) is 16.3. The van der Waals surface area contributed by atoms with Crippen LogP contribution in [0, 0.1) is 26.7 Å². The molecule has 152 valence electrons. The number of nitrogens with one attached hydrogen (secondary N) is 1. The Balaban J connectivity index is 1.42. The SMILES string of the molecule is Cc1cc2n(n1)[C@@H](C(F)F)C[C@@H](C1CCN(C(=O)c3oc(C)nc3C)CC1)N2. The standard InChI is InChI=1S/C19H25F2N5O2/c1-10-8-16-23-14(9-15(18(20)21)26(16)24-10)13-4-6-25(7-5-13)19(27)17-11(2)22-12(3)28-17/h8,13-15,18,23H,4-7,9H2,1-3H3/t14-,15+/m0/s1. The summed E-state index contributed by atoms with van der Waals surface area (Å²) in [5.41, 5.74) is 1.33. The normalized spacial score (nSPS) is 23.0. The number of amides is 1. The summed E-state index contributed by atoms with van der Waals surface area (Å²) >= 11 is 0. The lowest BCUT2D eigenvalue weighted by atomic mass is 9.85. The molecule has 2 aromatic heterocycles. The number of hydrogen-bond acceptors (Lipinski definition) is 5. The average Bonchev–Trinajstić information content (AvgIpc) is 3.20. The van der Waals surface area contributed by atoms with Crippen LogP contribution in [0.5, 0.6) is 0 Å². The lowest BCUT2D eigenvalue weighted by Gasteiger charge is -2.40. The molecule has 28 heavy (non-hydrogen) atoms. The van der Waals surface area contributed by atoms with E-state index in [9.17, 15) is 13.6 Å². The van der Waals surface area contributed by atoms with Crippen molar-refractivity contribution in [2.45, 2.75) is 58.5 Å². The summed E-state index contributed by atoms with van der Waals surface area (Å²) in [6.07, 6.45) is -0.593. The highest BCUT2D eigenvalue weighted by molar-refractivity contribution is 5.92. The molecule has 0 aromatic carbocycles. The van der Waals surface area contributed by atoms with Crippen molar-refractivity contribution in [2.75, 3.05) is 18.4 Å². The molecule has 2 atom stereocenters. The van der Waals surface area contributed by atoms with Gasteiger partial charge in [-0.05, 0) is 39.0 Å². The Morgan fingerprint density at radius 1 is 1.29 bits per heavy atom. The highest BCUT2D eigenvalue weighted by Gasteiger charge is 2.38. The van der Waals surface area contributed by atoms with Gasteiger partial charge in [-0.25, -0.2) is 18.4 Å². The third kappa shape index (κ3) is 3.38. The highest BCUT2D eigenvalue weighted by Crippen LogP contribution is 2.37. The summed E-state index contributed by atoms with van der Waals surface area (Å²) in [5, 5.41) is 7.61. The maximum absolute atomic E-state index is 13.6. The van der Waals surface area contributed by atoms with Gasteiger partial charge in [0.15, 0.2) is 5.89 Å². The summed E-state index contributed by atoms with van der Waals surface area (Å²) < 4.78 is 34.0. The molecule has 0 radical (unpaired) electrons. The second-order valence-corrected chi connectivity index (χ2v) is 7.78. The number of likely N-dealkylation sites (tertiary alicyclic amines) is 1. The third-order valence-electron chi connectivity index (χ3n) is 5.79. The molecule has 0 bridgehead atoms. The smallest absolute Gasteiger partial charge is 0.291 e. The predicted molar refractivity (Wildman–Crippen MR) is 98.6 cm³/mol. The van der Waals surface area contributed by atoms with E-state index in [0.29, 0.717) is 42.7 Å². The number of carbonyl (C=O) groups is 1. The van der Waals surface area contributed by atoms with Crippen molar-refractivity contribution in [1.29, 1.82) is 0 Å². The molecule has 7 nitrogen and oxygen atoms in total. The van der Waals surface area contributed by atoms with Gasteiger partial charge in [-0.2, -0.15) is 5.10 Å². The number of halogens is 2. The number of oxazole rings is 1. The second kappa shape index (κ2) is 7.18. The van der Waals surface area contributed by atoms with Crippen LogP contribution in [0.25, 0.3) is 0 Å². The van der Waals surface area contributed by atoms with Gasteiger partial charge >= 0.3 is 0 Å². The lowest BCUT2D eigenvalue weighted by Crippen LogP contribution is -2.46.